The van der Waals surface area contributed by atoms with E-state index in [1.807, 2.05) is 18.0 Å². The van der Waals surface area contributed by atoms with Crippen molar-refractivity contribution in [2.45, 2.75) is 31.7 Å². The summed E-state index contributed by atoms with van der Waals surface area (Å²) in [7, 11) is 1.87. The Bertz CT molecular complexity index is 482. The predicted molar refractivity (Wildman–Crippen MR) is 81.2 cm³/mol. The van der Waals surface area contributed by atoms with Crippen molar-refractivity contribution < 1.29 is 4.79 Å². The van der Waals surface area contributed by atoms with Crippen molar-refractivity contribution in [1.29, 1.82) is 0 Å². The van der Waals surface area contributed by atoms with Gasteiger partial charge in [-0.3, -0.25) is 4.90 Å². The number of hydrogen-bond acceptors (Lipinski definition) is 2. The Morgan fingerprint density at radius 2 is 2.10 bits per heavy atom. The van der Waals surface area contributed by atoms with E-state index in [0.717, 1.165) is 31.7 Å². The SMILES string of the molecule is CN1CCN(c2ccccc2CC2CCCCN2)C1=O. The number of carbonyl (C=O) groups is 1. The number of hydrogen-bond donors (Lipinski definition) is 1. The van der Waals surface area contributed by atoms with Crippen LogP contribution in [0.2, 0.25) is 0 Å². The molecule has 4 heteroatoms. The van der Waals surface area contributed by atoms with Gasteiger partial charge in [-0.05, 0) is 37.4 Å². The van der Waals surface area contributed by atoms with Crippen LogP contribution in [0.25, 0.3) is 0 Å². The van der Waals surface area contributed by atoms with Crippen LogP contribution in [0.3, 0.4) is 0 Å². The van der Waals surface area contributed by atoms with Gasteiger partial charge in [0.15, 0.2) is 0 Å². The Morgan fingerprint density at radius 3 is 2.80 bits per heavy atom. The van der Waals surface area contributed by atoms with E-state index in [1.165, 1.54) is 24.8 Å². The number of nitrogens with one attached hydrogen (secondary N) is 1. The average Bonchev–Trinajstić information content (AvgIpc) is 2.81. The van der Waals surface area contributed by atoms with E-state index in [-0.39, 0.29) is 6.03 Å². The first-order chi connectivity index (χ1) is 9.75. The van der Waals surface area contributed by atoms with E-state index in [1.54, 1.807) is 4.90 Å². The molecular formula is C16H23N3O. The molecule has 0 aromatic heterocycles. The van der Waals surface area contributed by atoms with E-state index in [4.69, 9.17) is 0 Å². The number of para-hydroxylation sites is 1. The average molecular weight is 273 g/mol. The summed E-state index contributed by atoms with van der Waals surface area (Å²) in [6, 6.07) is 9.02. The lowest BCUT2D eigenvalue weighted by molar-refractivity contribution is 0.229. The number of urea groups is 1. The van der Waals surface area contributed by atoms with E-state index in [9.17, 15) is 4.79 Å². The van der Waals surface area contributed by atoms with Crippen LogP contribution in [0.1, 0.15) is 24.8 Å². The number of rotatable bonds is 3. The van der Waals surface area contributed by atoms with Crippen molar-refractivity contribution in [3.63, 3.8) is 0 Å². The van der Waals surface area contributed by atoms with Gasteiger partial charge in [-0.2, -0.15) is 0 Å². The van der Waals surface area contributed by atoms with Crippen LogP contribution in [-0.4, -0.2) is 43.7 Å². The topological polar surface area (TPSA) is 35.6 Å². The fourth-order valence-corrected chi connectivity index (χ4v) is 3.18. The number of carbonyl (C=O) groups excluding carboxylic acids is 1. The molecule has 2 fully saturated rings. The Balaban J connectivity index is 1.79. The van der Waals surface area contributed by atoms with Gasteiger partial charge in [-0.15, -0.1) is 0 Å². The van der Waals surface area contributed by atoms with Gasteiger partial charge >= 0.3 is 6.03 Å². The van der Waals surface area contributed by atoms with Gasteiger partial charge in [0.1, 0.15) is 0 Å². The number of amides is 2. The van der Waals surface area contributed by atoms with Crippen LogP contribution >= 0.6 is 0 Å². The highest BCUT2D eigenvalue weighted by Crippen LogP contribution is 2.26. The summed E-state index contributed by atoms with van der Waals surface area (Å²) >= 11 is 0. The van der Waals surface area contributed by atoms with E-state index >= 15 is 0 Å². The van der Waals surface area contributed by atoms with Crippen LogP contribution < -0.4 is 10.2 Å². The van der Waals surface area contributed by atoms with Gasteiger partial charge in [0, 0.05) is 31.9 Å². The van der Waals surface area contributed by atoms with Gasteiger partial charge in [-0.25, -0.2) is 4.79 Å². The first-order valence-electron chi connectivity index (χ1n) is 7.59. The summed E-state index contributed by atoms with van der Waals surface area (Å²) in [4.78, 5) is 15.9. The maximum absolute atomic E-state index is 12.2. The third kappa shape index (κ3) is 2.66. The molecule has 1 aromatic carbocycles. The lowest BCUT2D eigenvalue weighted by atomic mass is 9.96. The minimum absolute atomic E-state index is 0.119. The molecule has 4 nitrogen and oxygen atoms in total. The molecule has 0 bridgehead atoms. The zero-order chi connectivity index (χ0) is 13.9. The fourth-order valence-electron chi connectivity index (χ4n) is 3.18. The summed E-state index contributed by atoms with van der Waals surface area (Å²) in [5.74, 6) is 0. The van der Waals surface area contributed by atoms with Gasteiger partial charge < -0.3 is 10.2 Å². The Kier molecular flexibility index (Phi) is 3.92. The second kappa shape index (κ2) is 5.83. The first-order valence-corrected chi connectivity index (χ1v) is 7.59. The van der Waals surface area contributed by atoms with Crippen LogP contribution in [0, 0.1) is 0 Å². The van der Waals surface area contributed by atoms with E-state index in [0.29, 0.717) is 6.04 Å². The predicted octanol–water partition coefficient (Wildman–Crippen LogP) is 2.24. The molecule has 2 saturated heterocycles. The minimum Gasteiger partial charge on any atom is -0.326 e. The van der Waals surface area contributed by atoms with Crippen molar-refractivity contribution in [3.05, 3.63) is 29.8 Å². The first kappa shape index (κ1) is 13.4. The number of anilines is 1. The van der Waals surface area contributed by atoms with Crippen molar-refractivity contribution >= 4 is 11.7 Å². The summed E-state index contributed by atoms with van der Waals surface area (Å²) < 4.78 is 0. The second-order valence-corrected chi connectivity index (χ2v) is 5.84. The number of nitrogens with zero attached hydrogens (tertiary/aromatic N) is 2. The quantitative estimate of drug-likeness (QED) is 0.917. The maximum Gasteiger partial charge on any atom is 0.324 e. The Hall–Kier alpha value is -1.55. The third-order valence-corrected chi connectivity index (χ3v) is 4.38. The van der Waals surface area contributed by atoms with Gasteiger partial charge in [-0.1, -0.05) is 24.6 Å². The highest BCUT2D eigenvalue weighted by atomic mass is 16.2. The normalized spacial score (nSPS) is 23.4. The van der Waals surface area contributed by atoms with Crippen molar-refractivity contribution in [2.24, 2.45) is 0 Å². The van der Waals surface area contributed by atoms with Crippen LogP contribution in [-0.2, 0) is 6.42 Å². The molecule has 0 spiro atoms. The molecule has 20 heavy (non-hydrogen) atoms. The molecule has 2 amide bonds. The Labute approximate surface area is 120 Å². The largest absolute Gasteiger partial charge is 0.326 e. The molecule has 0 aliphatic carbocycles. The molecule has 1 unspecified atom stereocenters. The zero-order valence-corrected chi connectivity index (χ0v) is 12.1. The number of benzene rings is 1. The smallest absolute Gasteiger partial charge is 0.324 e. The van der Waals surface area contributed by atoms with Crippen molar-refractivity contribution in [3.8, 4) is 0 Å². The highest BCUT2D eigenvalue weighted by molar-refractivity contribution is 5.94. The lowest BCUT2D eigenvalue weighted by Crippen LogP contribution is -2.36. The molecule has 1 aromatic rings. The minimum atomic E-state index is 0.119. The van der Waals surface area contributed by atoms with Gasteiger partial charge in [0.25, 0.3) is 0 Å². The highest BCUT2D eigenvalue weighted by Gasteiger charge is 2.28. The van der Waals surface area contributed by atoms with E-state index in [2.05, 4.69) is 23.5 Å². The molecule has 1 N–H and O–H groups in total. The molecule has 1 atom stereocenters. The van der Waals surface area contributed by atoms with E-state index < -0.39 is 0 Å². The summed E-state index contributed by atoms with van der Waals surface area (Å²) in [5.41, 5.74) is 2.38. The molecule has 2 aliphatic heterocycles. The van der Waals surface area contributed by atoms with Crippen LogP contribution in [0.4, 0.5) is 10.5 Å². The van der Waals surface area contributed by atoms with Crippen molar-refractivity contribution in [2.75, 3.05) is 31.6 Å². The summed E-state index contributed by atoms with van der Waals surface area (Å²) in [6.07, 6.45) is 4.85. The van der Waals surface area contributed by atoms with Gasteiger partial charge in [0.2, 0.25) is 0 Å². The second-order valence-electron chi connectivity index (χ2n) is 5.84. The monoisotopic (exact) mass is 273 g/mol. The maximum atomic E-state index is 12.2. The molecular weight excluding hydrogens is 250 g/mol. The molecule has 2 aliphatic rings. The molecule has 2 heterocycles. The van der Waals surface area contributed by atoms with Crippen LogP contribution in [0.15, 0.2) is 24.3 Å². The van der Waals surface area contributed by atoms with Gasteiger partial charge in [0.05, 0.1) is 0 Å². The lowest BCUT2D eigenvalue weighted by Gasteiger charge is -2.26. The fraction of sp³-hybridized carbons (Fsp3) is 0.562. The standard InChI is InChI=1S/C16H23N3O/c1-18-10-11-19(16(18)20)15-8-3-2-6-13(15)12-14-7-4-5-9-17-14/h2-3,6,8,14,17H,4-5,7,9-12H2,1H3. The number of piperidine rings is 1. The molecule has 3 rings (SSSR count). The molecule has 0 saturated carbocycles. The number of likely N-dealkylation sites (N-methyl/N-ethyl adjacent to an activating group) is 1. The zero-order valence-electron chi connectivity index (χ0n) is 12.1. The third-order valence-electron chi connectivity index (χ3n) is 4.38. The van der Waals surface area contributed by atoms with Crippen molar-refractivity contribution in [1.82, 2.24) is 10.2 Å². The molecule has 108 valence electrons. The Morgan fingerprint density at radius 1 is 1.25 bits per heavy atom. The van der Waals surface area contributed by atoms with Crippen LogP contribution in [0.5, 0.6) is 0 Å². The summed E-state index contributed by atoms with van der Waals surface area (Å²) in [5, 5.41) is 3.59. The molecule has 0 radical (unpaired) electrons. The summed E-state index contributed by atoms with van der Waals surface area (Å²) in [6.45, 7) is 2.73.